The summed E-state index contributed by atoms with van der Waals surface area (Å²) in [5, 5.41) is 11.2. The number of non-ortho nitro benzene ring substituents is 1. The lowest BCUT2D eigenvalue weighted by Gasteiger charge is -2.25. The fourth-order valence-corrected chi connectivity index (χ4v) is 7.24. The number of benzene rings is 3. The minimum absolute atomic E-state index is 0.0141. The van der Waals surface area contributed by atoms with Gasteiger partial charge < -0.3 is 9.05 Å². The van der Waals surface area contributed by atoms with Crippen LogP contribution in [0.1, 0.15) is 56.5 Å². The number of nitrogens with zero attached hydrogens (tertiary/aromatic N) is 2. The molecule has 0 bridgehead atoms. The van der Waals surface area contributed by atoms with E-state index in [1.165, 1.54) is 12.1 Å². The molecule has 7 nitrogen and oxygen atoms in total. The van der Waals surface area contributed by atoms with Crippen molar-refractivity contribution in [1.29, 1.82) is 0 Å². The van der Waals surface area contributed by atoms with E-state index in [1.54, 1.807) is 12.1 Å². The number of rotatable bonds is 10. The molecule has 3 aromatic rings. The largest absolute Gasteiger partial charge is 0.350 e. The van der Waals surface area contributed by atoms with Gasteiger partial charge in [0.2, 0.25) is 0 Å². The molecular formula is C27H31N2O5P. The Kier molecular flexibility index (Phi) is 7.53. The fourth-order valence-electron chi connectivity index (χ4n) is 4.57. The van der Waals surface area contributed by atoms with Crippen molar-refractivity contribution in [3.05, 3.63) is 112 Å². The molecule has 3 atom stereocenters. The third-order valence-corrected chi connectivity index (χ3v) is 8.46. The maximum absolute atomic E-state index is 14.3. The summed E-state index contributed by atoms with van der Waals surface area (Å²) in [5.74, 6) is -0.542. The molecule has 8 heteroatoms. The maximum Gasteiger partial charge on any atom is 0.350 e. The van der Waals surface area contributed by atoms with Crippen LogP contribution >= 0.6 is 7.60 Å². The normalized spacial score (nSPS) is 19.9. The van der Waals surface area contributed by atoms with Crippen molar-refractivity contribution >= 4 is 13.3 Å². The molecule has 1 aliphatic rings. The lowest BCUT2D eigenvalue weighted by molar-refractivity contribution is -0.384. The minimum atomic E-state index is -3.60. The summed E-state index contributed by atoms with van der Waals surface area (Å²) < 4.78 is 26.4. The van der Waals surface area contributed by atoms with Crippen molar-refractivity contribution in [1.82, 2.24) is 4.90 Å². The van der Waals surface area contributed by atoms with Crippen LogP contribution in [-0.4, -0.2) is 27.8 Å². The van der Waals surface area contributed by atoms with Gasteiger partial charge in [-0.05, 0) is 44.4 Å². The monoisotopic (exact) mass is 494 g/mol. The van der Waals surface area contributed by atoms with Crippen LogP contribution in [0, 0.1) is 10.1 Å². The molecule has 0 aliphatic carbocycles. The van der Waals surface area contributed by atoms with E-state index in [-0.39, 0.29) is 30.0 Å². The Labute approximate surface area is 206 Å². The van der Waals surface area contributed by atoms with E-state index in [0.29, 0.717) is 0 Å². The van der Waals surface area contributed by atoms with Crippen molar-refractivity contribution in [2.75, 3.05) is 0 Å². The van der Waals surface area contributed by atoms with Gasteiger partial charge in [-0.25, -0.2) is 0 Å². The van der Waals surface area contributed by atoms with Gasteiger partial charge in [0.05, 0.1) is 29.2 Å². The molecule has 1 aliphatic heterocycles. The topological polar surface area (TPSA) is 81.7 Å². The van der Waals surface area contributed by atoms with E-state index in [2.05, 4.69) is 29.2 Å². The quantitative estimate of drug-likeness (QED) is 0.129. The van der Waals surface area contributed by atoms with E-state index in [4.69, 9.17) is 9.05 Å². The first-order valence-electron chi connectivity index (χ1n) is 11.8. The SMILES string of the molecule is CC(C)OP(=O)(OC(C)C)[C@@H]1[C@H](c2ccc([N+](=O)[O-])cc2)N1C(c1ccccc1)c1ccccc1. The molecule has 35 heavy (non-hydrogen) atoms. The Hall–Kier alpha value is -2.83. The average Bonchev–Trinajstić information content (AvgIpc) is 3.56. The molecule has 3 aromatic carbocycles. The van der Waals surface area contributed by atoms with Crippen LogP contribution in [0.4, 0.5) is 5.69 Å². The zero-order chi connectivity index (χ0) is 25.2. The summed E-state index contributed by atoms with van der Waals surface area (Å²) >= 11 is 0. The highest BCUT2D eigenvalue weighted by Gasteiger charge is 2.64. The van der Waals surface area contributed by atoms with Crippen LogP contribution in [0.25, 0.3) is 0 Å². The molecule has 0 saturated carbocycles. The van der Waals surface area contributed by atoms with E-state index >= 15 is 0 Å². The highest BCUT2D eigenvalue weighted by molar-refractivity contribution is 7.55. The van der Waals surface area contributed by atoms with Crippen LogP contribution in [0.15, 0.2) is 84.9 Å². The molecule has 0 radical (unpaired) electrons. The Morgan fingerprint density at radius 2 is 1.26 bits per heavy atom. The molecule has 0 spiro atoms. The molecule has 0 N–H and O–H groups in total. The van der Waals surface area contributed by atoms with Gasteiger partial charge in [0.15, 0.2) is 0 Å². The van der Waals surface area contributed by atoms with Gasteiger partial charge in [-0.1, -0.05) is 72.8 Å². The van der Waals surface area contributed by atoms with E-state index in [9.17, 15) is 14.7 Å². The molecule has 1 heterocycles. The summed E-state index contributed by atoms with van der Waals surface area (Å²) in [6.07, 6.45) is -0.599. The number of nitro benzene ring substituents is 1. The maximum atomic E-state index is 14.3. The number of hydrogen-bond acceptors (Lipinski definition) is 6. The van der Waals surface area contributed by atoms with Gasteiger partial charge in [0, 0.05) is 12.1 Å². The third-order valence-electron chi connectivity index (χ3n) is 5.83. The van der Waals surface area contributed by atoms with Crippen LogP contribution in [-0.2, 0) is 13.6 Å². The Morgan fingerprint density at radius 1 is 0.800 bits per heavy atom. The van der Waals surface area contributed by atoms with Crippen LogP contribution in [0.3, 0.4) is 0 Å². The Balaban J connectivity index is 1.84. The number of hydrogen-bond donors (Lipinski definition) is 0. The van der Waals surface area contributed by atoms with Gasteiger partial charge in [-0.3, -0.25) is 19.6 Å². The van der Waals surface area contributed by atoms with Crippen molar-refractivity contribution in [2.45, 2.75) is 57.8 Å². The summed E-state index contributed by atoms with van der Waals surface area (Å²) in [7, 11) is -3.60. The first kappa shape index (κ1) is 25.3. The highest BCUT2D eigenvalue weighted by atomic mass is 31.2. The molecule has 1 unspecified atom stereocenters. The zero-order valence-electron chi connectivity index (χ0n) is 20.4. The Morgan fingerprint density at radius 3 is 1.66 bits per heavy atom. The smallest absolute Gasteiger partial charge is 0.305 e. The van der Waals surface area contributed by atoms with Crippen LogP contribution in [0.2, 0.25) is 0 Å². The molecule has 4 rings (SSSR count). The predicted molar refractivity (Wildman–Crippen MR) is 136 cm³/mol. The fraction of sp³-hybridized carbons (Fsp3) is 0.333. The average molecular weight is 495 g/mol. The standard InChI is InChI=1S/C27H31N2O5P/c1-19(2)33-35(32,34-20(3)4)27-26(23-15-17-24(18-16-23)29(30)31)28(27)25(21-11-7-5-8-12-21)22-13-9-6-10-14-22/h5-20,25-27H,1-4H3/t26-,27+,28?/m0/s1. The second kappa shape index (κ2) is 10.4. The van der Waals surface area contributed by atoms with Gasteiger partial charge in [0.1, 0.15) is 5.78 Å². The zero-order valence-corrected chi connectivity index (χ0v) is 21.2. The van der Waals surface area contributed by atoms with E-state index in [1.807, 2.05) is 64.1 Å². The summed E-state index contributed by atoms with van der Waals surface area (Å²) in [6, 6.07) is 26.0. The summed E-state index contributed by atoms with van der Waals surface area (Å²) in [4.78, 5) is 12.9. The molecule has 1 saturated heterocycles. The van der Waals surface area contributed by atoms with Gasteiger partial charge in [-0.2, -0.15) is 0 Å². The third kappa shape index (κ3) is 5.54. The molecule has 0 amide bonds. The van der Waals surface area contributed by atoms with E-state index < -0.39 is 18.3 Å². The van der Waals surface area contributed by atoms with Crippen LogP contribution < -0.4 is 0 Å². The van der Waals surface area contributed by atoms with Gasteiger partial charge in [-0.15, -0.1) is 0 Å². The Bertz CT molecular complexity index is 1130. The molecular weight excluding hydrogens is 463 g/mol. The summed E-state index contributed by atoms with van der Waals surface area (Å²) in [5.41, 5.74) is 2.94. The van der Waals surface area contributed by atoms with Crippen molar-refractivity contribution < 1.29 is 18.5 Å². The predicted octanol–water partition coefficient (Wildman–Crippen LogP) is 7.11. The lowest BCUT2D eigenvalue weighted by atomic mass is 9.98. The second-order valence-corrected chi connectivity index (χ2v) is 11.3. The van der Waals surface area contributed by atoms with Crippen molar-refractivity contribution in [3.8, 4) is 0 Å². The van der Waals surface area contributed by atoms with Gasteiger partial charge >= 0.3 is 7.60 Å². The first-order chi connectivity index (χ1) is 16.7. The molecule has 0 aromatic heterocycles. The first-order valence-corrected chi connectivity index (χ1v) is 13.4. The minimum Gasteiger partial charge on any atom is -0.305 e. The lowest BCUT2D eigenvalue weighted by Crippen LogP contribution is -2.18. The van der Waals surface area contributed by atoms with Crippen LogP contribution in [0.5, 0.6) is 0 Å². The molecule has 1 fully saturated rings. The van der Waals surface area contributed by atoms with Crippen molar-refractivity contribution in [2.24, 2.45) is 0 Å². The highest BCUT2D eigenvalue weighted by Crippen LogP contribution is 2.71. The van der Waals surface area contributed by atoms with Crippen molar-refractivity contribution in [3.63, 3.8) is 0 Å². The van der Waals surface area contributed by atoms with Gasteiger partial charge in [0.25, 0.3) is 5.69 Å². The summed E-state index contributed by atoms with van der Waals surface area (Å²) in [6.45, 7) is 7.37. The second-order valence-electron chi connectivity index (χ2n) is 9.23. The number of nitro groups is 1. The molecule has 184 valence electrons. The van der Waals surface area contributed by atoms with E-state index in [0.717, 1.165) is 16.7 Å².